The second-order valence-electron chi connectivity index (χ2n) is 9.77. The van der Waals surface area contributed by atoms with Crippen molar-refractivity contribution < 1.29 is 9.59 Å². The summed E-state index contributed by atoms with van der Waals surface area (Å²) in [6.45, 7) is 3.48. The number of anilines is 1. The lowest BCUT2D eigenvalue weighted by molar-refractivity contribution is -0.115. The summed E-state index contributed by atoms with van der Waals surface area (Å²) in [5, 5.41) is 2.50. The molecule has 0 saturated heterocycles. The molecule has 5 heteroatoms. The van der Waals surface area contributed by atoms with E-state index < -0.39 is 0 Å². The number of aromatic nitrogens is 1. The Morgan fingerprint density at radius 2 is 1.47 bits per heavy atom. The normalized spacial score (nSPS) is 12.0. The Kier molecular flexibility index (Phi) is 7.09. The SMILES string of the molecule is CN(C)C=O.Cc1ccc(-c2ccc(C(=O)N3Cc4cccn4Cc4ccccc43)cc2)c2ccccc12. The highest BCUT2D eigenvalue weighted by Crippen LogP contribution is 2.32. The Morgan fingerprint density at radius 3 is 2.21 bits per heavy atom. The molecular weight excluding hydrogens is 470 g/mol. The molecule has 0 aliphatic carbocycles. The van der Waals surface area contributed by atoms with Gasteiger partial charge >= 0.3 is 0 Å². The van der Waals surface area contributed by atoms with Gasteiger partial charge in [0, 0.05) is 43.8 Å². The number of rotatable bonds is 3. The monoisotopic (exact) mass is 501 g/mol. The molecular formula is C33H31N3O2. The van der Waals surface area contributed by atoms with E-state index in [0.29, 0.717) is 12.1 Å². The van der Waals surface area contributed by atoms with Crippen LogP contribution in [0.25, 0.3) is 21.9 Å². The van der Waals surface area contributed by atoms with E-state index in [2.05, 4.69) is 78.4 Å². The number of aryl methyl sites for hydroxylation is 1. The third-order valence-corrected chi connectivity index (χ3v) is 6.91. The summed E-state index contributed by atoms with van der Waals surface area (Å²) in [5.74, 6) is 0.0254. The van der Waals surface area contributed by atoms with Crippen LogP contribution in [0.15, 0.2) is 103 Å². The van der Waals surface area contributed by atoms with Gasteiger partial charge in [0.25, 0.3) is 5.91 Å². The van der Waals surface area contributed by atoms with Gasteiger partial charge in [-0.3, -0.25) is 9.59 Å². The number of amides is 2. The Hall–Kier alpha value is -4.64. The van der Waals surface area contributed by atoms with E-state index in [1.165, 1.54) is 26.8 Å². The summed E-state index contributed by atoms with van der Waals surface area (Å²) in [4.78, 5) is 26.5. The van der Waals surface area contributed by atoms with Crippen LogP contribution in [0, 0.1) is 6.92 Å². The summed E-state index contributed by atoms with van der Waals surface area (Å²) < 4.78 is 2.22. The van der Waals surface area contributed by atoms with Gasteiger partial charge in [-0.15, -0.1) is 0 Å². The number of para-hydroxylation sites is 1. The zero-order valence-corrected chi connectivity index (χ0v) is 22.0. The highest BCUT2D eigenvalue weighted by atomic mass is 16.2. The molecule has 2 amide bonds. The predicted octanol–water partition coefficient (Wildman–Crippen LogP) is 6.53. The molecule has 0 fully saturated rings. The molecule has 1 aromatic heterocycles. The van der Waals surface area contributed by atoms with Gasteiger partial charge in [0.15, 0.2) is 0 Å². The van der Waals surface area contributed by atoms with Crippen LogP contribution in [0.2, 0.25) is 0 Å². The van der Waals surface area contributed by atoms with Gasteiger partial charge in [-0.05, 0) is 70.3 Å². The average molecular weight is 502 g/mol. The third kappa shape index (κ3) is 4.96. The van der Waals surface area contributed by atoms with Crippen LogP contribution in [0.3, 0.4) is 0 Å². The molecule has 190 valence electrons. The maximum absolute atomic E-state index is 13.7. The lowest BCUT2D eigenvalue weighted by Crippen LogP contribution is -2.30. The fourth-order valence-corrected chi connectivity index (χ4v) is 4.92. The highest BCUT2D eigenvalue weighted by Gasteiger charge is 2.24. The second kappa shape index (κ2) is 10.8. The molecule has 0 bridgehead atoms. The van der Waals surface area contributed by atoms with Crippen molar-refractivity contribution in [3.05, 3.63) is 126 Å². The van der Waals surface area contributed by atoms with E-state index in [0.717, 1.165) is 35.5 Å². The Morgan fingerprint density at radius 1 is 0.789 bits per heavy atom. The first-order valence-corrected chi connectivity index (χ1v) is 12.7. The molecule has 6 rings (SSSR count). The minimum absolute atomic E-state index is 0.0254. The zero-order valence-electron chi connectivity index (χ0n) is 22.0. The van der Waals surface area contributed by atoms with Crippen LogP contribution in [-0.4, -0.2) is 35.9 Å². The molecule has 5 aromatic rings. The molecule has 2 heterocycles. The van der Waals surface area contributed by atoms with Crippen LogP contribution < -0.4 is 4.90 Å². The first kappa shape index (κ1) is 25.0. The molecule has 0 atom stereocenters. The van der Waals surface area contributed by atoms with Crippen molar-refractivity contribution in [1.29, 1.82) is 0 Å². The summed E-state index contributed by atoms with van der Waals surface area (Å²) in [7, 11) is 3.38. The molecule has 1 aliphatic heterocycles. The molecule has 38 heavy (non-hydrogen) atoms. The summed E-state index contributed by atoms with van der Waals surface area (Å²) in [6.07, 6.45) is 2.83. The van der Waals surface area contributed by atoms with Crippen LogP contribution >= 0.6 is 0 Å². The number of benzene rings is 4. The van der Waals surface area contributed by atoms with Gasteiger partial charge < -0.3 is 14.4 Å². The minimum Gasteiger partial charge on any atom is -0.351 e. The molecule has 0 N–H and O–H groups in total. The first-order valence-electron chi connectivity index (χ1n) is 12.7. The number of fused-ring (bicyclic) bond motifs is 3. The fourth-order valence-electron chi connectivity index (χ4n) is 4.92. The van der Waals surface area contributed by atoms with E-state index in [1.54, 1.807) is 14.1 Å². The Labute approximate surface area is 223 Å². The quantitative estimate of drug-likeness (QED) is 0.264. The van der Waals surface area contributed by atoms with E-state index in [1.807, 2.05) is 41.3 Å². The number of nitrogens with zero attached hydrogens (tertiary/aromatic N) is 3. The second-order valence-corrected chi connectivity index (χ2v) is 9.77. The van der Waals surface area contributed by atoms with Crippen LogP contribution in [-0.2, 0) is 17.9 Å². The summed E-state index contributed by atoms with van der Waals surface area (Å²) in [5.41, 5.74) is 7.56. The van der Waals surface area contributed by atoms with Gasteiger partial charge in [-0.1, -0.05) is 66.7 Å². The van der Waals surface area contributed by atoms with Crippen LogP contribution in [0.5, 0.6) is 0 Å². The number of carbonyl (C=O) groups is 2. The number of hydrogen-bond acceptors (Lipinski definition) is 2. The molecule has 0 radical (unpaired) electrons. The van der Waals surface area contributed by atoms with Crippen molar-refractivity contribution in [3.8, 4) is 11.1 Å². The zero-order chi connectivity index (χ0) is 26.6. The molecule has 0 unspecified atom stereocenters. The van der Waals surface area contributed by atoms with Crippen LogP contribution in [0.1, 0.15) is 27.2 Å². The number of carbonyl (C=O) groups excluding carboxylic acids is 2. The van der Waals surface area contributed by atoms with Gasteiger partial charge in [0.2, 0.25) is 6.41 Å². The molecule has 0 spiro atoms. The Balaban J connectivity index is 0.000000540. The molecule has 1 aliphatic rings. The van der Waals surface area contributed by atoms with Crippen molar-refractivity contribution >= 4 is 28.8 Å². The van der Waals surface area contributed by atoms with E-state index in [9.17, 15) is 9.59 Å². The minimum atomic E-state index is 0.0254. The fraction of sp³-hybridized carbons (Fsp3) is 0.152. The lowest BCUT2D eigenvalue weighted by atomic mass is 9.95. The van der Waals surface area contributed by atoms with Crippen molar-refractivity contribution in [2.45, 2.75) is 20.0 Å². The van der Waals surface area contributed by atoms with Gasteiger partial charge in [0.05, 0.1) is 6.54 Å². The summed E-state index contributed by atoms with van der Waals surface area (Å²) >= 11 is 0. The van der Waals surface area contributed by atoms with Gasteiger partial charge in [0.1, 0.15) is 0 Å². The van der Waals surface area contributed by atoms with Crippen molar-refractivity contribution in [1.82, 2.24) is 9.47 Å². The standard InChI is InChI=1S/C30H24N2O.C3H7NO/c1-21-12-17-27(28-10-4-3-9-26(21)28)22-13-15-23(16-14-22)30(33)32-20-25-8-6-18-31(25)19-24-7-2-5-11-29(24)32;1-4(2)3-5/h2-18H,19-20H2,1H3;3H,1-2H3. The van der Waals surface area contributed by atoms with E-state index >= 15 is 0 Å². The molecule has 5 nitrogen and oxygen atoms in total. The topological polar surface area (TPSA) is 45.6 Å². The van der Waals surface area contributed by atoms with E-state index in [-0.39, 0.29) is 5.91 Å². The van der Waals surface area contributed by atoms with Gasteiger partial charge in [-0.25, -0.2) is 0 Å². The maximum Gasteiger partial charge on any atom is 0.258 e. The first-order chi connectivity index (χ1) is 18.5. The third-order valence-electron chi connectivity index (χ3n) is 6.91. The van der Waals surface area contributed by atoms with Crippen LogP contribution in [0.4, 0.5) is 5.69 Å². The molecule has 4 aromatic carbocycles. The lowest BCUT2D eigenvalue weighted by Gasteiger charge is -2.23. The van der Waals surface area contributed by atoms with Gasteiger partial charge in [-0.2, -0.15) is 0 Å². The highest BCUT2D eigenvalue weighted by molar-refractivity contribution is 6.07. The average Bonchev–Trinajstić information content (AvgIpc) is 3.32. The Bertz CT molecular complexity index is 1600. The van der Waals surface area contributed by atoms with Crippen molar-refractivity contribution in [2.24, 2.45) is 0 Å². The maximum atomic E-state index is 13.7. The van der Waals surface area contributed by atoms with Crippen molar-refractivity contribution in [2.75, 3.05) is 19.0 Å². The smallest absolute Gasteiger partial charge is 0.258 e. The largest absolute Gasteiger partial charge is 0.351 e. The van der Waals surface area contributed by atoms with E-state index in [4.69, 9.17) is 0 Å². The predicted molar refractivity (Wildman–Crippen MR) is 154 cm³/mol. The van der Waals surface area contributed by atoms with Crippen molar-refractivity contribution in [3.63, 3.8) is 0 Å². The number of hydrogen-bond donors (Lipinski definition) is 0. The molecule has 0 saturated carbocycles. The summed E-state index contributed by atoms with van der Waals surface area (Å²) in [6, 6.07) is 33.2.